The normalized spacial score (nSPS) is 10.1. The summed E-state index contributed by atoms with van der Waals surface area (Å²) >= 11 is 4.92. The summed E-state index contributed by atoms with van der Waals surface area (Å²) in [5.74, 6) is 0. The number of nitrogens with two attached hydrogens (primary N) is 1. The van der Waals surface area contributed by atoms with Gasteiger partial charge >= 0.3 is 0 Å². The van der Waals surface area contributed by atoms with E-state index in [1.807, 2.05) is 12.1 Å². The maximum Gasteiger partial charge on any atom is 0.122 e. The largest absolute Gasteiger partial charge is 0.388 e. The number of benzene rings is 1. The molecule has 2 rings (SSSR count). The van der Waals surface area contributed by atoms with Crippen molar-refractivity contribution in [2.75, 3.05) is 5.32 Å². The molecule has 3 N–H and O–H groups in total. The van der Waals surface area contributed by atoms with Gasteiger partial charge in [0.15, 0.2) is 0 Å². The maximum atomic E-state index is 5.57. The summed E-state index contributed by atoms with van der Waals surface area (Å²) in [6.45, 7) is 4.15. The highest BCUT2D eigenvalue weighted by atomic mass is 32.1. The van der Waals surface area contributed by atoms with Gasteiger partial charge in [0, 0.05) is 17.6 Å². The highest BCUT2D eigenvalue weighted by molar-refractivity contribution is 7.80. The monoisotopic (exact) mass is 257 g/mol. The van der Waals surface area contributed by atoms with Crippen LogP contribution < -0.4 is 11.1 Å². The average Bonchev–Trinajstić information content (AvgIpc) is 2.33. The van der Waals surface area contributed by atoms with Crippen LogP contribution >= 0.6 is 12.2 Å². The predicted octanol–water partition coefficient (Wildman–Crippen LogP) is 3.08. The SMILES string of the molecule is Cc1ccc(Nc2ccnc(C(N)=S)c2)c(C)c1. The second kappa shape index (κ2) is 5.14. The minimum absolute atomic E-state index is 0.305. The number of anilines is 2. The van der Waals surface area contributed by atoms with Crippen molar-refractivity contribution in [3.05, 3.63) is 53.3 Å². The summed E-state index contributed by atoms with van der Waals surface area (Å²) < 4.78 is 0. The van der Waals surface area contributed by atoms with E-state index in [0.717, 1.165) is 11.4 Å². The number of aromatic nitrogens is 1. The van der Waals surface area contributed by atoms with Crippen LogP contribution in [-0.4, -0.2) is 9.97 Å². The standard InChI is InChI=1S/C14H15N3S/c1-9-3-4-12(10(2)7-9)17-11-5-6-16-13(8-11)14(15)18/h3-8H,1-2H3,(H2,15,18)(H,16,17). The number of hydrogen-bond donors (Lipinski definition) is 2. The second-order valence-electron chi connectivity index (χ2n) is 4.24. The molecule has 1 aromatic carbocycles. The van der Waals surface area contributed by atoms with Crippen LogP contribution in [0.25, 0.3) is 0 Å². The Labute approximate surface area is 112 Å². The molecule has 0 saturated carbocycles. The number of nitrogens with one attached hydrogen (secondary N) is 1. The third-order valence-electron chi connectivity index (χ3n) is 2.67. The second-order valence-corrected chi connectivity index (χ2v) is 4.68. The Hall–Kier alpha value is -1.94. The summed E-state index contributed by atoms with van der Waals surface area (Å²) in [5, 5.41) is 3.34. The topological polar surface area (TPSA) is 50.9 Å². The van der Waals surface area contributed by atoms with E-state index >= 15 is 0 Å². The molecule has 0 atom stereocenters. The van der Waals surface area contributed by atoms with Crippen LogP contribution in [0, 0.1) is 13.8 Å². The Kier molecular flexibility index (Phi) is 3.58. The summed E-state index contributed by atoms with van der Waals surface area (Å²) in [5.41, 5.74) is 10.6. The molecule has 92 valence electrons. The van der Waals surface area contributed by atoms with E-state index in [2.05, 4.69) is 42.3 Å². The molecular weight excluding hydrogens is 242 g/mol. The molecule has 1 aromatic heterocycles. The molecule has 0 aliphatic heterocycles. The fraction of sp³-hybridized carbons (Fsp3) is 0.143. The molecule has 0 unspecified atom stereocenters. The first-order valence-corrected chi connectivity index (χ1v) is 6.07. The molecule has 1 heterocycles. The predicted molar refractivity (Wildman–Crippen MR) is 79.3 cm³/mol. The maximum absolute atomic E-state index is 5.57. The van der Waals surface area contributed by atoms with Gasteiger partial charge in [0.2, 0.25) is 0 Å². The van der Waals surface area contributed by atoms with Crippen molar-refractivity contribution >= 4 is 28.6 Å². The minimum Gasteiger partial charge on any atom is -0.388 e. The van der Waals surface area contributed by atoms with Gasteiger partial charge in [0.1, 0.15) is 4.99 Å². The molecule has 4 heteroatoms. The van der Waals surface area contributed by atoms with Gasteiger partial charge in [-0.2, -0.15) is 0 Å². The van der Waals surface area contributed by atoms with Gasteiger partial charge in [-0.1, -0.05) is 29.9 Å². The van der Waals surface area contributed by atoms with Gasteiger partial charge in [-0.15, -0.1) is 0 Å². The summed E-state index contributed by atoms with van der Waals surface area (Å²) in [7, 11) is 0. The van der Waals surface area contributed by atoms with Gasteiger partial charge < -0.3 is 11.1 Å². The lowest BCUT2D eigenvalue weighted by Crippen LogP contribution is -2.11. The molecule has 0 radical (unpaired) electrons. The number of aryl methyl sites for hydroxylation is 2. The van der Waals surface area contributed by atoms with E-state index in [1.54, 1.807) is 6.20 Å². The van der Waals surface area contributed by atoms with Crippen LogP contribution in [-0.2, 0) is 0 Å². The zero-order valence-electron chi connectivity index (χ0n) is 10.4. The molecule has 3 nitrogen and oxygen atoms in total. The molecule has 0 fully saturated rings. The summed E-state index contributed by atoms with van der Waals surface area (Å²) in [4.78, 5) is 4.42. The lowest BCUT2D eigenvalue weighted by Gasteiger charge is -2.10. The number of pyridine rings is 1. The van der Waals surface area contributed by atoms with E-state index in [0.29, 0.717) is 10.7 Å². The molecule has 0 aliphatic rings. The third-order valence-corrected chi connectivity index (χ3v) is 2.88. The van der Waals surface area contributed by atoms with Gasteiger partial charge in [-0.25, -0.2) is 0 Å². The van der Waals surface area contributed by atoms with Crippen LogP contribution in [0.15, 0.2) is 36.5 Å². The van der Waals surface area contributed by atoms with Crippen molar-refractivity contribution in [2.24, 2.45) is 5.73 Å². The average molecular weight is 257 g/mol. The highest BCUT2D eigenvalue weighted by Gasteiger charge is 2.02. The molecule has 0 aliphatic carbocycles. The van der Waals surface area contributed by atoms with Crippen LogP contribution in [0.2, 0.25) is 0 Å². The van der Waals surface area contributed by atoms with Gasteiger partial charge in [-0.05, 0) is 37.6 Å². The van der Waals surface area contributed by atoms with E-state index in [9.17, 15) is 0 Å². The number of hydrogen-bond acceptors (Lipinski definition) is 3. The van der Waals surface area contributed by atoms with Crippen LogP contribution in [0.1, 0.15) is 16.8 Å². The van der Waals surface area contributed by atoms with Crippen molar-refractivity contribution in [3.8, 4) is 0 Å². The quantitative estimate of drug-likeness (QED) is 0.830. The Morgan fingerprint density at radius 1 is 1.22 bits per heavy atom. The first-order chi connectivity index (χ1) is 8.56. The first kappa shape index (κ1) is 12.5. The fourth-order valence-electron chi connectivity index (χ4n) is 1.75. The smallest absolute Gasteiger partial charge is 0.122 e. The minimum atomic E-state index is 0.305. The third kappa shape index (κ3) is 2.84. The molecule has 18 heavy (non-hydrogen) atoms. The molecule has 0 bridgehead atoms. The Balaban J connectivity index is 2.28. The van der Waals surface area contributed by atoms with Crippen LogP contribution in [0.5, 0.6) is 0 Å². The van der Waals surface area contributed by atoms with E-state index in [-0.39, 0.29) is 0 Å². The van der Waals surface area contributed by atoms with Gasteiger partial charge in [0.25, 0.3) is 0 Å². The number of nitrogens with zero attached hydrogens (tertiary/aromatic N) is 1. The fourth-order valence-corrected chi connectivity index (χ4v) is 1.86. The molecule has 2 aromatic rings. The zero-order valence-corrected chi connectivity index (χ0v) is 11.2. The van der Waals surface area contributed by atoms with E-state index in [4.69, 9.17) is 18.0 Å². The van der Waals surface area contributed by atoms with E-state index < -0.39 is 0 Å². The Bertz CT molecular complexity index is 593. The molecule has 0 spiro atoms. The van der Waals surface area contributed by atoms with Gasteiger partial charge in [0.05, 0.1) is 5.69 Å². The van der Waals surface area contributed by atoms with Crippen molar-refractivity contribution in [1.29, 1.82) is 0 Å². The van der Waals surface area contributed by atoms with Crippen molar-refractivity contribution in [3.63, 3.8) is 0 Å². The summed E-state index contributed by atoms with van der Waals surface area (Å²) in [6.07, 6.45) is 1.69. The lowest BCUT2D eigenvalue weighted by molar-refractivity contribution is 1.28. The Morgan fingerprint density at radius 3 is 2.67 bits per heavy atom. The zero-order chi connectivity index (χ0) is 13.1. The highest BCUT2D eigenvalue weighted by Crippen LogP contribution is 2.21. The van der Waals surface area contributed by atoms with Gasteiger partial charge in [-0.3, -0.25) is 4.98 Å². The van der Waals surface area contributed by atoms with Crippen LogP contribution in [0.3, 0.4) is 0 Å². The van der Waals surface area contributed by atoms with Crippen molar-refractivity contribution in [2.45, 2.75) is 13.8 Å². The number of rotatable bonds is 3. The van der Waals surface area contributed by atoms with Crippen molar-refractivity contribution in [1.82, 2.24) is 4.98 Å². The summed E-state index contributed by atoms with van der Waals surface area (Å²) in [6, 6.07) is 10.0. The number of thiocarbonyl (C=S) groups is 1. The van der Waals surface area contributed by atoms with E-state index in [1.165, 1.54) is 11.1 Å². The molecule has 0 amide bonds. The first-order valence-electron chi connectivity index (χ1n) is 5.66. The van der Waals surface area contributed by atoms with Crippen molar-refractivity contribution < 1.29 is 0 Å². The molecular formula is C14H15N3S. The van der Waals surface area contributed by atoms with Crippen LogP contribution in [0.4, 0.5) is 11.4 Å². The molecule has 0 saturated heterocycles. The Morgan fingerprint density at radius 2 is 2.00 bits per heavy atom. The lowest BCUT2D eigenvalue weighted by atomic mass is 10.1.